The van der Waals surface area contributed by atoms with Crippen LogP contribution >= 0.6 is 22.6 Å². The Bertz CT molecular complexity index is 721. The zero-order chi connectivity index (χ0) is 17.3. The Balaban J connectivity index is 1.76. The second kappa shape index (κ2) is 6.79. The number of hydrogen-bond donors (Lipinski definition) is 2. The lowest BCUT2D eigenvalue weighted by Crippen LogP contribution is -2.36. The number of halogens is 1. The molecule has 0 aliphatic carbocycles. The molecule has 2 atom stereocenters. The number of ether oxygens (including phenoxy) is 1. The number of benzene rings is 1. The summed E-state index contributed by atoms with van der Waals surface area (Å²) in [4.78, 5) is 15.4. The number of aromatic nitrogens is 3. The molecule has 0 spiro atoms. The first kappa shape index (κ1) is 17.3. The molecule has 1 unspecified atom stereocenters. The van der Waals surface area contributed by atoms with Crippen LogP contribution in [0.5, 0.6) is 0 Å². The van der Waals surface area contributed by atoms with Crippen LogP contribution in [-0.2, 0) is 9.53 Å². The van der Waals surface area contributed by atoms with Crippen LogP contribution in [0.1, 0.15) is 38.9 Å². The average Bonchev–Trinajstić information content (AvgIpc) is 3.15. The number of esters is 1. The molecule has 7 heteroatoms. The number of carbonyl (C=O) groups is 1. The van der Waals surface area contributed by atoms with E-state index in [1.165, 1.54) is 3.57 Å². The minimum absolute atomic E-state index is 0.0126. The number of hydrogen-bond acceptors (Lipinski definition) is 5. The highest BCUT2D eigenvalue weighted by atomic mass is 127. The summed E-state index contributed by atoms with van der Waals surface area (Å²) < 4.78 is 6.81. The normalized spacial score (nSPS) is 21.0. The second-order valence-corrected chi connectivity index (χ2v) is 8.24. The van der Waals surface area contributed by atoms with E-state index in [1.807, 2.05) is 45.0 Å². The fraction of sp³-hybridized carbons (Fsp3) is 0.471. The van der Waals surface area contributed by atoms with Gasteiger partial charge in [-0.25, -0.2) is 0 Å². The first-order chi connectivity index (χ1) is 11.3. The molecule has 0 bridgehead atoms. The molecule has 1 aliphatic rings. The van der Waals surface area contributed by atoms with Crippen molar-refractivity contribution in [2.24, 2.45) is 5.41 Å². The van der Waals surface area contributed by atoms with Crippen LogP contribution in [-0.4, -0.2) is 33.9 Å². The Morgan fingerprint density at radius 3 is 2.62 bits per heavy atom. The molecule has 2 heterocycles. The smallest absolute Gasteiger partial charge is 0.312 e. The van der Waals surface area contributed by atoms with Gasteiger partial charge in [-0.2, -0.15) is 0 Å². The van der Waals surface area contributed by atoms with Crippen molar-refractivity contribution in [2.45, 2.75) is 39.3 Å². The van der Waals surface area contributed by atoms with E-state index in [1.54, 1.807) is 0 Å². The van der Waals surface area contributed by atoms with Crippen LogP contribution < -0.4 is 5.32 Å². The molecule has 1 saturated heterocycles. The molecule has 0 saturated carbocycles. The maximum absolute atomic E-state index is 12.1. The van der Waals surface area contributed by atoms with Gasteiger partial charge in [0.15, 0.2) is 12.1 Å². The highest BCUT2D eigenvalue weighted by Gasteiger charge is 2.36. The topological polar surface area (TPSA) is 79.9 Å². The zero-order valence-electron chi connectivity index (χ0n) is 14.0. The van der Waals surface area contributed by atoms with E-state index in [0.29, 0.717) is 0 Å². The summed E-state index contributed by atoms with van der Waals surface area (Å²) >= 11 is 2.27. The lowest BCUT2D eigenvalue weighted by atomic mass is 9.97. The van der Waals surface area contributed by atoms with Gasteiger partial charge in [0.25, 0.3) is 0 Å². The molecule has 128 valence electrons. The van der Waals surface area contributed by atoms with Crippen LogP contribution in [0.2, 0.25) is 0 Å². The Kier molecular flexibility index (Phi) is 4.91. The largest absolute Gasteiger partial charge is 0.445 e. The average molecular weight is 440 g/mol. The quantitative estimate of drug-likeness (QED) is 0.567. The summed E-state index contributed by atoms with van der Waals surface area (Å²) in [7, 11) is 0. The molecule has 24 heavy (non-hydrogen) atoms. The summed E-state index contributed by atoms with van der Waals surface area (Å²) in [5, 5.41) is 11.8. The highest BCUT2D eigenvalue weighted by molar-refractivity contribution is 14.1. The SMILES string of the molecule is CC(C)(C)C(=O)OC1NCC[C@H]1c1nnc(-c2ccc(I)cc2)[nH]1. The Morgan fingerprint density at radius 2 is 1.96 bits per heavy atom. The number of nitrogens with one attached hydrogen (secondary N) is 2. The highest BCUT2D eigenvalue weighted by Crippen LogP contribution is 2.29. The lowest BCUT2D eigenvalue weighted by Gasteiger charge is -2.23. The summed E-state index contributed by atoms with van der Waals surface area (Å²) in [5.74, 6) is 1.25. The van der Waals surface area contributed by atoms with Gasteiger partial charge in [-0.05, 0) is 68.5 Å². The third-order valence-corrected chi connectivity index (χ3v) is 4.70. The van der Waals surface area contributed by atoms with E-state index in [9.17, 15) is 4.79 Å². The number of nitrogens with zero attached hydrogens (tertiary/aromatic N) is 2. The summed E-state index contributed by atoms with van der Waals surface area (Å²) in [5.41, 5.74) is 0.464. The fourth-order valence-electron chi connectivity index (χ4n) is 2.55. The standard InChI is InChI=1S/C17H21IN4O2/c1-17(2,3)16(23)24-15-12(8-9-19-15)14-20-13(21-22-14)10-4-6-11(18)7-5-10/h4-7,12,15,19H,8-9H2,1-3H3,(H,20,21,22)/t12-,15?/m0/s1. The molecule has 1 aromatic heterocycles. The number of aromatic amines is 1. The monoisotopic (exact) mass is 440 g/mol. The first-order valence-electron chi connectivity index (χ1n) is 7.97. The van der Waals surface area contributed by atoms with Crippen LogP contribution in [0, 0.1) is 8.99 Å². The number of H-pyrrole nitrogens is 1. The molecular formula is C17H21IN4O2. The van der Waals surface area contributed by atoms with Gasteiger partial charge in [-0.1, -0.05) is 12.1 Å². The Morgan fingerprint density at radius 1 is 1.25 bits per heavy atom. The van der Waals surface area contributed by atoms with E-state index in [2.05, 4.69) is 43.1 Å². The Labute approximate surface area is 154 Å². The van der Waals surface area contributed by atoms with Crippen molar-refractivity contribution in [3.63, 3.8) is 0 Å². The third kappa shape index (κ3) is 3.77. The van der Waals surface area contributed by atoms with Crippen molar-refractivity contribution < 1.29 is 9.53 Å². The van der Waals surface area contributed by atoms with Crippen molar-refractivity contribution >= 4 is 28.6 Å². The third-order valence-electron chi connectivity index (χ3n) is 3.99. The maximum atomic E-state index is 12.1. The molecule has 2 N–H and O–H groups in total. The van der Waals surface area contributed by atoms with Crippen molar-refractivity contribution in [1.29, 1.82) is 0 Å². The minimum atomic E-state index is -0.525. The van der Waals surface area contributed by atoms with E-state index in [0.717, 1.165) is 30.2 Å². The van der Waals surface area contributed by atoms with Crippen LogP contribution in [0.25, 0.3) is 11.4 Å². The van der Waals surface area contributed by atoms with Gasteiger partial charge in [-0.15, -0.1) is 10.2 Å². The van der Waals surface area contributed by atoms with E-state index in [-0.39, 0.29) is 18.1 Å². The Hall–Kier alpha value is -1.48. The minimum Gasteiger partial charge on any atom is -0.445 e. The molecule has 3 rings (SSSR count). The van der Waals surface area contributed by atoms with E-state index < -0.39 is 5.41 Å². The van der Waals surface area contributed by atoms with Crippen LogP contribution in [0.15, 0.2) is 24.3 Å². The van der Waals surface area contributed by atoms with E-state index >= 15 is 0 Å². The number of rotatable bonds is 3. The summed E-state index contributed by atoms with van der Waals surface area (Å²) in [6.45, 7) is 6.33. The molecule has 1 fully saturated rings. The maximum Gasteiger partial charge on any atom is 0.312 e. The fourth-order valence-corrected chi connectivity index (χ4v) is 2.91. The second-order valence-electron chi connectivity index (χ2n) is 6.99. The zero-order valence-corrected chi connectivity index (χ0v) is 16.1. The molecule has 6 nitrogen and oxygen atoms in total. The van der Waals surface area contributed by atoms with Gasteiger partial charge in [-0.3, -0.25) is 10.1 Å². The van der Waals surface area contributed by atoms with Crippen molar-refractivity contribution in [2.75, 3.05) is 6.54 Å². The van der Waals surface area contributed by atoms with Gasteiger partial charge in [0.1, 0.15) is 5.82 Å². The molecule has 2 aromatic rings. The first-order valence-corrected chi connectivity index (χ1v) is 9.05. The predicted octanol–water partition coefficient (Wildman–Crippen LogP) is 3.07. The number of carbonyl (C=O) groups excluding carboxylic acids is 1. The van der Waals surface area contributed by atoms with Gasteiger partial charge in [0.2, 0.25) is 0 Å². The van der Waals surface area contributed by atoms with Crippen molar-refractivity contribution in [3.8, 4) is 11.4 Å². The van der Waals surface area contributed by atoms with Crippen molar-refractivity contribution in [1.82, 2.24) is 20.5 Å². The van der Waals surface area contributed by atoms with Crippen molar-refractivity contribution in [3.05, 3.63) is 33.7 Å². The van der Waals surface area contributed by atoms with Gasteiger partial charge in [0, 0.05) is 9.13 Å². The van der Waals surface area contributed by atoms with Gasteiger partial charge >= 0.3 is 5.97 Å². The van der Waals surface area contributed by atoms with E-state index in [4.69, 9.17) is 4.74 Å². The van der Waals surface area contributed by atoms with Crippen LogP contribution in [0.4, 0.5) is 0 Å². The lowest BCUT2D eigenvalue weighted by molar-refractivity contribution is -0.160. The summed E-state index contributed by atoms with van der Waals surface area (Å²) in [6, 6.07) is 8.08. The van der Waals surface area contributed by atoms with Gasteiger partial charge in [0.05, 0.1) is 11.3 Å². The predicted molar refractivity (Wildman–Crippen MR) is 99.2 cm³/mol. The molecule has 1 aliphatic heterocycles. The van der Waals surface area contributed by atoms with Gasteiger partial charge < -0.3 is 9.72 Å². The molecule has 0 radical (unpaired) electrons. The summed E-state index contributed by atoms with van der Waals surface area (Å²) in [6.07, 6.45) is 0.484. The molecule has 1 aromatic carbocycles. The molecule has 0 amide bonds. The molecular weight excluding hydrogens is 419 g/mol. The van der Waals surface area contributed by atoms with Crippen LogP contribution in [0.3, 0.4) is 0 Å².